The molecule has 0 fully saturated rings. The SMILES string of the molecule is O=c1oc(=O)n(CCCCN2CC=C(c3ccccc3)CC2)c2cccc([N+](=O)[O-])c12. The Morgan fingerprint density at radius 1 is 1.00 bits per heavy atom. The normalized spacial score (nSPS) is 14.5. The molecule has 0 radical (unpaired) electrons. The lowest BCUT2D eigenvalue weighted by Crippen LogP contribution is -2.30. The van der Waals surface area contributed by atoms with Crippen molar-refractivity contribution in [2.24, 2.45) is 0 Å². The van der Waals surface area contributed by atoms with E-state index in [0.29, 0.717) is 13.0 Å². The summed E-state index contributed by atoms with van der Waals surface area (Å²) in [5.74, 6) is -0.786. The second-order valence-electron chi connectivity index (χ2n) is 7.59. The molecule has 8 heteroatoms. The third-order valence-corrected chi connectivity index (χ3v) is 5.66. The molecule has 0 unspecified atom stereocenters. The number of hydrogen-bond donors (Lipinski definition) is 0. The first-order valence-electron chi connectivity index (χ1n) is 10.3. The standard InChI is InChI=1S/C23H23N3O5/c27-22-21-19(9-6-10-20(21)26(29)30)25(23(28)31-22)14-5-4-13-24-15-11-18(12-16-24)17-7-2-1-3-8-17/h1-3,6-11H,4-5,12-16H2. The molecule has 31 heavy (non-hydrogen) atoms. The van der Waals surface area contributed by atoms with Crippen molar-refractivity contribution in [3.8, 4) is 0 Å². The first-order chi connectivity index (χ1) is 15.0. The molecule has 0 amide bonds. The summed E-state index contributed by atoms with van der Waals surface area (Å²) in [5, 5.41) is 11.1. The van der Waals surface area contributed by atoms with Crippen molar-refractivity contribution in [3.05, 3.63) is 91.3 Å². The third kappa shape index (κ3) is 4.49. The van der Waals surface area contributed by atoms with E-state index in [0.717, 1.165) is 32.5 Å². The van der Waals surface area contributed by atoms with E-state index < -0.39 is 16.3 Å². The van der Waals surface area contributed by atoms with Crippen LogP contribution in [0.3, 0.4) is 0 Å². The van der Waals surface area contributed by atoms with Crippen LogP contribution in [0.4, 0.5) is 5.69 Å². The van der Waals surface area contributed by atoms with E-state index in [9.17, 15) is 19.7 Å². The molecule has 160 valence electrons. The van der Waals surface area contributed by atoms with Gasteiger partial charge in [0.1, 0.15) is 0 Å². The topological polar surface area (TPSA) is 98.6 Å². The van der Waals surface area contributed by atoms with E-state index in [4.69, 9.17) is 4.42 Å². The van der Waals surface area contributed by atoms with Gasteiger partial charge in [-0.2, -0.15) is 0 Å². The number of nitro groups is 1. The molecule has 1 aliphatic heterocycles. The van der Waals surface area contributed by atoms with Crippen LogP contribution in [0.15, 0.2) is 68.6 Å². The molecule has 0 aliphatic carbocycles. The fourth-order valence-corrected chi connectivity index (χ4v) is 4.04. The highest BCUT2D eigenvalue weighted by atomic mass is 16.6. The average Bonchev–Trinajstić information content (AvgIpc) is 2.79. The molecule has 0 bridgehead atoms. The summed E-state index contributed by atoms with van der Waals surface area (Å²) >= 11 is 0. The molecule has 0 N–H and O–H groups in total. The maximum Gasteiger partial charge on any atom is 0.422 e. The number of unbranched alkanes of at least 4 members (excludes halogenated alkanes) is 1. The van der Waals surface area contributed by atoms with Gasteiger partial charge in [-0.05, 0) is 43.0 Å². The van der Waals surface area contributed by atoms with Crippen molar-refractivity contribution in [3.63, 3.8) is 0 Å². The second-order valence-corrected chi connectivity index (χ2v) is 7.59. The monoisotopic (exact) mass is 421 g/mol. The number of non-ortho nitro benzene ring substituents is 1. The Kier molecular flexibility index (Phi) is 6.08. The number of nitro benzene ring substituents is 1. The molecule has 0 saturated heterocycles. The van der Waals surface area contributed by atoms with Crippen LogP contribution < -0.4 is 11.4 Å². The van der Waals surface area contributed by atoms with Crippen LogP contribution in [-0.2, 0) is 6.54 Å². The number of hydrogen-bond acceptors (Lipinski definition) is 6. The van der Waals surface area contributed by atoms with Crippen LogP contribution in [0.2, 0.25) is 0 Å². The van der Waals surface area contributed by atoms with Gasteiger partial charge in [0.15, 0.2) is 5.39 Å². The maximum atomic E-state index is 12.2. The number of fused-ring (bicyclic) bond motifs is 1. The van der Waals surface area contributed by atoms with Gasteiger partial charge in [-0.3, -0.25) is 19.6 Å². The lowest BCUT2D eigenvalue weighted by Gasteiger charge is -2.26. The minimum absolute atomic E-state index is 0.165. The molecular weight excluding hydrogens is 398 g/mol. The number of benzene rings is 2. The minimum Gasteiger partial charge on any atom is -0.372 e. The molecule has 2 aromatic carbocycles. The summed E-state index contributed by atoms with van der Waals surface area (Å²) in [6, 6.07) is 14.6. The third-order valence-electron chi connectivity index (χ3n) is 5.66. The predicted molar refractivity (Wildman–Crippen MR) is 118 cm³/mol. The van der Waals surface area contributed by atoms with Gasteiger partial charge in [0.25, 0.3) is 5.69 Å². The van der Waals surface area contributed by atoms with E-state index in [1.807, 2.05) is 6.07 Å². The van der Waals surface area contributed by atoms with Crippen LogP contribution >= 0.6 is 0 Å². The van der Waals surface area contributed by atoms with Gasteiger partial charge >= 0.3 is 11.4 Å². The highest BCUT2D eigenvalue weighted by Gasteiger charge is 2.20. The van der Waals surface area contributed by atoms with Crippen LogP contribution in [0.25, 0.3) is 16.5 Å². The lowest BCUT2D eigenvalue weighted by atomic mass is 9.99. The van der Waals surface area contributed by atoms with Crippen molar-refractivity contribution in [1.82, 2.24) is 9.47 Å². The molecule has 4 rings (SSSR count). The second kappa shape index (κ2) is 9.09. The van der Waals surface area contributed by atoms with Crippen LogP contribution in [0.1, 0.15) is 24.8 Å². The van der Waals surface area contributed by atoms with Gasteiger partial charge in [-0.1, -0.05) is 42.5 Å². The molecule has 3 aromatic rings. The number of rotatable bonds is 7. The molecule has 0 saturated carbocycles. The van der Waals surface area contributed by atoms with Gasteiger partial charge in [0, 0.05) is 25.7 Å². The van der Waals surface area contributed by atoms with Crippen molar-refractivity contribution in [2.75, 3.05) is 19.6 Å². The van der Waals surface area contributed by atoms with Crippen molar-refractivity contribution < 1.29 is 9.34 Å². The minimum atomic E-state index is -0.974. The van der Waals surface area contributed by atoms with Gasteiger partial charge in [0.05, 0.1) is 10.4 Å². The molecule has 0 spiro atoms. The summed E-state index contributed by atoms with van der Waals surface area (Å²) in [4.78, 5) is 37.2. The quantitative estimate of drug-likeness (QED) is 0.329. The van der Waals surface area contributed by atoms with Crippen molar-refractivity contribution >= 4 is 22.2 Å². The van der Waals surface area contributed by atoms with Crippen LogP contribution in [0.5, 0.6) is 0 Å². The Balaban J connectivity index is 1.39. The Labute approximate surface area is 178 Å². The lowest BCUT2D eigenvalue weighted by molar-refractivity contribution is -0.383. The smallest absolute Gasteiger partial charge is 0.372 e. The zero-order chi connectivity index (χ0) is 21.8. The van der Waals surface area contributed by atoms with Crippen LogP contribution in [-0.4, -0.2) is 34.0 Å². The van der Waals surface area contributed by atoms with Crippen molar-refractivity contribution in [2.45, 2.75) is 25.8 Å². The fraction of sp³-hybridized carbons (Fsp3) is 0.304. The van der Waals surface area contributed by atoms with E-state index in [-0.39, 0.29) is 16.6 Å². The van der Waals surface area contributed by atoms with Crippen LogP contribution in [0, 0.1) is 10.1 Å². The van der Waals surface area contributed by atoms with E-state index in [1.165, 1.54) is 27.8 Å². The molecule has 1 aromatic heterocycles. The summed E-state index contributed by atoms with van der Waals surface area (Å²) in [7, 11) is 0. The molecule has 8 nitrogen and oxygen atoms in total. The highest BCUT2D eigenvalue weighted by Crippen LogP contribution is 2.23. The Morgan fingerprint density at radius 3 is 2.48 bits per heavy atom. The molecule has 1 aliphatic rings. The maximum absolute atomic E-state index is 12.2. The first kappa shape index (κ1) is 20.7. The van der Waals surface area contributed by atoms with Gasteiger partial charge in [-0.25, -0.2) is 9.59 Å². The summed E-state index contributed by atoms with van der Waals surface area (Å²) in [6.07, 6.45) is 4.82. The average molecular weight is 421 g/mol. The van der Waals surface area contributed by atoms with Gasteiger partial charge in [0.2, 0.25) is 0 Å². The van der Waals surface area contributed by atoms with E-state index in [1.54, 1.807) is 6.07 Å². The predicted octanol–water partition coefficient (Wildman–Crippen LogP) is 3.43. The molecule has 2 heterocycles. The largest absolute Gasteiger partial charge is 0.422 e. The van der Waals surface area contributed by atoms with E-state index in [2.05, 4.69) is 35.2 Å². The number of nitrogens with zero attached hydrogens (tertiary/aromatic N) is 3. The van der Waals surface area contributed by atoms with Gasteiger partial charge < -0.3 is 4.42 Å². The summed E-state index contributed by atoms with van der Waals surface area (Å²) in [6.45, 7) is 3.09. The Bertz CT molecular complexity index is 1240. The zero-order valence-electron chi connectivity index (χ0n) is 17.0. The first-order valence-corrected chi connectivity index (χ1v) is 10.3. The number of aromatic nitrogens is 1. The van der Waals surface area contributed by atoms with E-state index >= 15 is 0 Å². The fourth-order valence-electron chi connectivity index (χ4n) is 4.04. The number of aryl methyl sites for hydroxylation is 1. The summed E-state index contributed by atoms with van der Waals surface area (Å²) < 4.78 is 6.06. The molecule has 0 atom stereocenters. The molecular formula is C23H23N3O5. The Hall–Kier alpha value is -3.52. The summed E-state index contributed by atoms with van der Waals surface area (Å²) in [5.41, 5.74) is 1.56. The Morgan fingerprint density at radius 2 is 1.77 bits per heavy atom. The zero-order valence-corrected chi connectivity index (χ0v) is 17.0. The highest BCUT2D eigenvalue weighted by molar-refractivity contribution is 5.86. The van der Waals surface area contributed by atoms with Gasteiger partial charge in [-0.15, -0.1) is 0 Å². The van der Waals surface area contributed by atoms with Crippen molar-refractivity contribution in [1.29, 1.82) is 0 Å².